The van der Waals surface area contributed by atoms with Crippen molar-refractivity contribution in [1.29, 1.82) is 0 Å². The molecule has 0 fully saturated rings. The van der Waals surface area contributed by atoms with Gasteiger partial charge in [0.25, 0.3) is 0 Å². The van der Waals surface area contributed by atoms with Crippen molar-refractivity contribution in [1.82, 2.24) is 21.3 Å². The van der Waals surface area contributed by atoms with Gasteiger partial charge in [0, 0.05) is 29.2 Å². The maximum atomic E-state index is 13.0. The Morgan fingerprint density at radius 2 is 1.45 bits per heavy atom. The minimum Gasteiger partial charge on any atom is -0.467 e. The van der Waals surface area contributed by atoms with Crippen LogP contribution in [0.15, 0.2) is 42.5 Å². The maximum Gasteiger partial charge on any atom is 0.338 e. The van der Waals surface area contributed by atoms with Gasteiger partial charge in [0.15, 0.2) is 17.6 Å². The number of fused-ring (bicyclic) bond motifs is 2. The average molecular weight is 609 g/mol. The quantitative estimate of drug-likeness (QED) is 0.211. The van der Waals surface area contributed by atoms with E-state index in [0.717, 1.165) is 7.11 Å². The Morgan fingerprint density at radius 1 is 0.864 bits per heavy atom. The van der Waals surface area contributed by atoms with Crippen LogP contribution in [0.5, 0.6) is 0 Å². The van der Waals surface area contributed by atoms with Crippen molar-refractivity contribution in [3.05, 3.63) is 70.3 Å². The van der Waals surface area contributed by atoms with Gasteiger partial charge in [0.05, 0.1) is 19.2 Å². The second kappa shape index (κ2) is 13.7. The molecule has 14 heteroatoms. The first-order valence-electron chi connectivity index (χ1n) is 13.4. The van der Waals surface area contributed by atoms with E-state index >= 15 is 0 Å². The maximum absolute atomic E-state index is 13.0. The molecule has 2 atom stereocenters. The lowest BCUT2D eigenvalue weighted by Crippen LogP contribution is -2.60. The second-order valence-corrected chi connectivity index (χ2v) is 10.4. The van der Waals surface area contributed by atoms with Gasteiger partial charge < -0.3 is 30.7 Å². The number of ether oxygens (including phenoxy) is 2. The monoisotopic (exact) mass is 608 g/mol. The van der Waals surface area contributed by atoms with Crippen molar-refractivity contribution in [3.8, 4) is 0 Å². The van der Waals surface area contributed by atoms with E-state index < -0.39 is 65.6 Å². The highest BCUT2D eigenvalue weighted by atomic mass is 16.5. The molecule has 0 saturated carbocycles. The standard InChI is InChI=1S/C30H32N4O10/c1-15(32-29(42)30(3,4)34-23(36)13-31-16(2)35)26(39)33-22(28(41)43-5)14-44-27(40)17-10-11-20-21(12-17)25(38)19-9-7-6-8-18(19)24(20)37/h6-12,15,22H,13-14H2,1-5H3,(H,31,35)(H,32,42)(H,33,39)(H,34,36)/t15-,22-/m0/s1. The zero-order valence-electron chi connectivity index (χ0n) is 24.7. The Hall–Kier alpha value is -5.40. The fourth-order valence-corrected chi connectivity index (χ4v) is 4.17. The number of carbonyl (C=O) groups is 8. The molecule has 232 valence electrons. The lowest BCUT2D eigenvalue weighted by molar-refractivity contribution is -0.146. The third kappa shape index (κ3) is 7.70. The van der Waals surface area contributed by atoms with Crippen molar-refractivity contribution >= 4 is 47.1 Å². The number of benzene rings is 2. The molecular weight excluding hydrogens is 576 g/mol. The number of hydrogen-bond donors (Lipinski definition) is 4. The SMILES string of the molecule is COC(=O)[C@H](COC(=O)c1ccc2c(c1)C(=O)c1ccccc1C2=O)NC(=O)[C@H](C)NC(=O)C(C)(C)NC(=O)CNC(C)=O. The van der Waals surface area contributed by atoms with Crippen LogP contribution in [0.2, 0.25) is 0 Å². The number of carbonyl (C=O) groups excluding carboxylic acids is 8. The Labute approximate surface area is 252 Å². The molecule has 2 aromatic rings. The third-order valence-corrected chi connectivity index (χ3v) is 6.60. The minimum absolute atomic E-state index is 0.0276. The van der Waals surface area contributed by atoms with Gasteiger partial charge in [-0.15, -0.1) is 0 Å². The van der Waals surface area contributed by atoms with Crippen LogP contribution in [0, 0.1) is 0 Å². The highest BCUT2D eigenvalue weighted by Gasteiger charge is 2.34. The molecule has 1 aliphatic rings. The molecule has 4 N–H and O–H groups in total. The number of ketones is 2. The molecule has 0 unspecified atom stereocenters. The molecule has 0 bridgehead atoms. The zero-order valence-corrected chi connectivity index (χ0v) is 24.7. The van der Waals surface area contributed by atoms with Gasteiger partial charge in [-0.1, -0.05) is 24.3 Å². The summed E-state index contributed by atoms with van der Waals surface area (Å²) in [4.78, 5) is 99.5. The Morgan fingerprint density at radius 3 is 2.05 bits per heavy atom. The topological polar surface area (TPSA) is 203 Å². The fourth-order valence-electron chi connectivity index (χ4n) is 4.17. The van der Waals surface area contributed by atoms with E-state index in [2.05, 4.69) is 21.3 Å². The van der Waals surface area contributed by atoms with Crippen LogP contribution in [-0.4, -0.2) is 85.0 Å². The summed E-state index contributed by atoms with van der Waals surface area (Å²) in [5.41, 5.74) is -0.901. The van der Waals surface area contributed by atoms with E-state index in [1.807, 2.05) is 0 Å². The number of hydrogen-bond acceptors (Lipinski definition) is 10. The van der Waals surface area contributed by atoms with E-state index in [0.29, 0.717) is 0 Å². The predicted octanol–water partition coefficient (Wildman–Crippen LogP) is -0.188. The first kappa shape index (κ1) is 33.1. The lowest BCUT2D eigenvalue weighted by atomic mass is 9.83. The van der Waals surface area contributed by atoms with E-state index in [1.54, 1.807) is 18.2 Å². The van der Waals surface area contributed by atoms with Gasteiger partial charge in [-0.25, -0.2) is 9.59 Å². The van der Waals surface area contributed by atoms with E-state index in [4.69, 9.17) is 9.47 Å². The number of esters is 2. The summed E-state index contributed by atoms with van der Waals surface area (Å²) < 4.78 is 9.91. The van der Waals surface area contributed by atoms with Crippen molar-refractivity contribution in [3.63, 3.8) is 0 Å². The minimum atomic E-state index is -1.47. The number of nitrogens with one attached hydrogen (secondary N) is 4. The summed E-state index contributed by atoms with van der Waals surface area (Å²) in [6.45, 7) is 4.32. The molecule has 2 aromatic carbocycles. The highest BCUT2D eigenvalue weighted by Crippen LogP contribution is 2.28. The van der Waals surface area contributed by atoms with Gasteiger partial charge in [-0.3, -0.25) is 28.8 Å². The molecule has 0 aromatic heterocycles. The van der Waals surface area contributed by atoms with Crippen LogP contribution in [0.25, 0.3) is 0 Å². The van der Waals surface area contributed by atoms with E-state index in [9.17, 15) is 38.4 Å². The Bertz CT molecular complexity index is 1550. The number of rotatable bonds is 11. The smallest absolute Gasteiger partial charge is 0.338 e. The molecule has 0 saturated heterocycles. The molecule has 1 aliphatic carbocycles. The summed E-state index contributed by atoms with van der Waals surface area (Å²) >= 11 is 0. The lowest BCUT2D eigenvalue weighted by Gasteiger charge is -2.27. The van der Waals surface area contributed by atoms with Gasteiger partial charge in [-0.2, -0.15) is 0 Å². The largest absolute Gasteiger partial charge is 0.467 e. The van der Waals surface area contributed by atoms with Crippen LogP contribution in [0.3, 0.4) is 0 Å². The van der Waals surface area contributed by atoms with Gasteiger partial charge in [0.2, 0.25) is 23.6 Å². The summed E-state index contributed by atoms with van der Waals surface area (Å²) in [7, 11) is 1.06. The van der Waals surface area contributed by atoms with Crippen molar-refractivity contribution in [2.24, 2.45) is 0 Å². The van der Waals surface area contributed by atoms with Crippen molar-refractivity contribution in [2.75, 3.05) is 20.3 Å². The van der Waals surface area contributed by atoms with Crippen LogP contribution < -0.4 is 21.3 Å². The van der Waals surface area contributed by atoms with Gasteiger partial charge in [0.1, 0.15) is 18.2 Å². The summed E-state index contributed by atoms with van der Waals surface area (Å²) in [5, 5.41) is 9.49. The van der Waals surface area contributed by atoms with Gasteiger partial charge in [-0.05, 0) is 39.0 Å². The molecule has 3 rings (SSSR count). The molecule has 14 nitrogen and oxygen atoms in total. The first-order valence-corrected chi connectivity index (χ1v) is 13.4. The predicted molar refractivity (Wildman–Crippen MR) is 152 cm³/mol. The second-order valence-electron chi connectivity index (χ2n) is 10.4. The van der Waals surface area contributed by atoms with Crippen LogP contribution in [0.1, 0.15) is 69.9 Å². The molecule has 0 radical (unpaired) electrons. The molecular formula is C30H32N4O10. The third-order valence-electron chi connectivity index (χ3n) is 6.60. The molecule has 44 heavy (non-hydrogen) atoms. The Kier molecular flexibility index (Phi) is 10.3. The normalized spacial score (nSPS) is 13.3. The fraction of sp³-hybridized carbons (Fsp3) is 0.333. The average Bonchev–Trinajstić information content (AvgIpc) is 2.99. The van der Waals surface area contributed by atoms with Crippen molar-refractivity contribution in [2.45, 2.75) is 45.3 Å². The summed E-state index contributed by atoms with van der Waals surface area (Å²) in [6, 6.07) is 7.54. The Balaban J connectivity index is 1.63. The molecule has 0 aliphatic heterocycles. The zero-order chi connectivity index (χ0) is 32.8. The van der Waals surface area contributed by atoms with Gasteiger partial charge >= 0.3 is 11.9 Å². The molecule has 0 heterocycles. The highest BCUT2D eigenvalue weighted by molar-refractivity contribution is 6.28. The van der Waals surface area contributed by atoms with E-state index in [1.165, 1.54) is 52.0 Å². The molecule has 0 spiro atoms. The first-order chi connectivity index (χ1) is 20.7. The number of amides is 4. The van der Waals surface area contributed by atoms with E-state index in [-0.39, 0.29) is 40.1 Å². The molecule has 4 amide bonds. The summed E-state index contributed by atoms with van der Waals surface area (Å²) in [5.74, 6) is -5.31. The van der Waals surface area contributed by atoms with Crippen LogP contribution in [0.4, 0.5) is 0 Å². The van der Waals surface area contributed by atoms with Crippen molar-refractivity contribution < 1.29 is 47.8 Å². The number of methoxy groups -OCH3 is 1. The summed E-state index contributed by atoms with van der Waals surface area (Å²) in [6.07, 6.45) is 0. The van der Waals surface area contributed by atoms with Crippen LogP contribution in [-0.2, 0) is 33.4 Å². The van der Waals surface area contributed by atoms with Crippen LogP contribution >= 0.6 is 0 Å².